The second-order valence-corrected chi connectivity index (χ2v) is 9.51. The van der Waals surface area contributed by atoms with Crippen molar-refractivity contribution in [1.29, 1.82) is 0 Å². The predicted octanol–water partition coefficient (Wildman–Crippen LogP) is 4.17. The smallest absolute Gasteiger partial charge is 0.337 e. The van der Waals surface area contributed by atoms with Crippen LogP contribution in [-0.4, -0.2) is 37.5 Å². The van der Waals surface area contributed by atoms with Gasteiger partial charge in [0.25, 0.3) is 5.91 Å². The van der Waals surface area contributed by atoms with Crippen LogP contribution in [0, 0.1) is 0 Å². The third kappa shape index (κ3) is 4.82. The van der Waals surface area contributed by atoms with Crippen LogP contribution in [0.5, 0.6) is 0 Å². The Morgan fingerprint density at radius 3 is 2.40 bits per heavy atom. The average Bonchev–Trinajstić information content (AvgIpc) is 3.48. The molecule has 4 rings (SSSR count). The Morgan fingerprint density at radius 2 is 1.80 bits per heavy atom. The van der Waals surface area contributed by atoms with Crippen LogP contribution >= 0.6 is 11.3 Å². The molecule has 35 heavy (non-hydrogen) atoms. The van der Waals surface area contributed by atoms with E-state index < -0.39 is 11.5 Å². The van der Waals surface area contributed by atoms with Gasteiger partial charge in [-0.2, -0.15) is 11.3 Å². The maximum absolute atomic E-state index is 13.0. The summed E-state index contributed by atoms with van der Waals surface area (Å²) in [5, 5.41) is 10.1. The van der Waals surface area contributed by atoms with E-state index in [0.717, 1.165) is 11.3 Å². The molecule has 0 spiro atoms. The quantitative estimate of drug-likeness (QED) is 0.353. The highest BCUT2D eigenvalue weighted by atomic mass is 32.1. The molecule has 1 aliphatic rings. The fourth-order valence-electron chi connectivity index (χ4n) is 3.81. The van der Waals surface area contributed by atoms with Gasteiger partial charge in [-0.05, 0) is 61.7 Å². The molecular formula is C26H26N4O4S. The van der Waals surface area contributed by atoms with Crippen molar-refractivity contribution < 1.29 is 19.1 Å². The molecule has 0 saturated heterocycles. The van der Waals surface area contributed by atoms with Gasteiger partial charge < -0.3 is 26.0 Å². The first-order chi connectivity index (χ1) is 16.6. The van der Waals surface area contributed by atoms with Gasteiger partial charge in [0.1, 0.15) is 0 Å². The highest BCUT2D eigenvalue weighted by Crippen LogP contribution is 2.38. The normalized spacial score (nSPS) is 14.1. The number of nitrogens with two attached hydrogens (primary N) is 1. The molecule has 0 aliphatic carbocycles. The number of benzene rings is 2. The number of anilines is 3. The number of hydrogen-bond acceptors (Lipinski definition) is 7. The second-order valence-electron chi connectivity index (χ2n) is 8.73. The summed E-state index contributed by atoms with van der Waals surface area (Å²) in [6.07, 6.45) is 0. The lowest BCUT2D eigenvalue weighted by molar-refractivity contribution is -0.122. The maximum Gasteiger partial charge on any atom is 0.337 e. The topological polar surface area (TPSA) is 114 Å². The van der Waals surface area contributed by atoms with Crippen LogP contribution in [0.2, 0.25) is 0 Å². The van der Waals surface area contributed by atoms with E-state index in [2.05, 4.69) is 10.6 Å². The molecule has 2 amide bonds. The number of carbonyl (C=O) groups excluding carboxylic acids is 3. The van der Waals surface area contributed by atoms with Crippen molar-refractivity contribution in [2.45, 2.75) is 19.4 Å². The van der Waals surface area contributed by atoms with E-state index in [4.69, 9.17) is 10.5 Å². The molecule has 2 heterocycles. The summed E-state index contributed by atoms with van der Waals surface area (Å²) in [7, 11) is 2.99. The number of esters is 1. The van der Waals surface area contributed by atoms with E-state index in [-0.39, 0.29) is 11.8 Å². The number of carbonyl (C=O) groups is 3. The number of amides is 2. The second kappa shape index (κ2) is 9.36. The van der Waals surface area contributed by atoms with Crippen molar-refractivity contribution in [3.8, 4) is 0 Å². The van der Waals surface area contributed by atoms with E-state index in [9.17, 15) is 14.4 Å². The number of nitrogens with one attached hydrogen (secondary N) is 2. The third-order valence-corrected chi connectivity index (χ3v) is 6.31. The highest BCUT2D eigenvalue weighted by molar-refractivity contribution is 7.08. The summed E-state index contributed by atoms with van der Waals surface area (Å²) in [6.45, 7) is 3.33. The van der Waals surface area contributed by atoms with Crippen LogP contribution in [0.25, 0.3) is 11.3 Å². The molecule has 0 bridgehead atoms. The zero-order chi connectivity index (χ0) is 25.3. The Hall–Kier alpha value is -3.95. The number of ether oxygens (including phenoxy) is 1. The van der Waals surface area contributed by atoms with Gasteiger partial charge in [0, 0.05) is 34.9 Å². The summed E-state index contributed by atoms with van der Waals surface area (Å²) in [5.41, 5.74) is 9.94. The van der Waals surface area contributed by atoms with Crippen LogP contribution in [-0.2, 0) is 14.3 Å². The minimum absolute atomic E-state index is 0.204. The Kier molecular flexibility index (Phi) is 6.47. The van der Waals surface area contributed by atoms with Crippen molar-refractivity contribution in [1.82, 2.24) is 0 Å². The SMILES string of the molecule is COC(=O)c1ccc2c(c1)NC(=O)/C2=C(\Nc1ccc(N(C)C(=O)C(C)(C)N)cc1)c1ccsc1. The Balaban J connectivity index is 1.71. The lowest BCUT2D eigenvalue weighted by Gasteiger charge is -2.26. The number of hydrogen-bond donors (Lipinski definition) is 3. The van der Waals surface area contributed by atoms with E-state index in [0.29, 0.717) is 33.8 Å². The van der Waals surface area contributed by atoms with Crippen molar-refractivity contribution in [2.24, 2.45) is 5.73 Å². The molecule has 2 aromatic carbocycles. The van der Waals surface area contributed by atoms with Gasteiger partial charge in [-0.1, -0.05) is 6.07 Å². The van der Waals surface area contributed by atoms with Crippen LogP contribution in [0.4, 0.5) is 17.1 Å². The van der Waals surface area contributed by atoms with Crippen LogP contribution in [0.1, 0.15) is 35.3 Å². The lowest BCUT2D eigenvalue weighted by atomic mass is 10.00. The molecule has 0 fully saturated rings. The van der Waals surface area contributed by atoms with Gasteiger partial charge in [-0.3, -0.25) is 9.59 Å². The molecule has 0 atom stereocenters. The minimum atomic E-state index is -0.987. The summed E-state index contributed by atoms with van der Waals surface area (Å²) < 4.78 is 4.79. The molecular weight excluding hydrogens is 464 g/mol. The summed E-state index contributed by atoms with van der Waals surface area (Å²) in [6, 6.07) is 14.2. The number of fused-ring (bicyclic) bond motifs is 1. The molecule has 9 heteroatoms. The van der Waals surface area contributed by atoms with Gasteiger partial charge in [0.15, 0.2) is 0 Å². The first-order valence-electron chi connectivity index (χ1n) is 10.8. The average molecular weight is 491 g/mol. The first kappa shape index (κ1) is 24.2. The fraction of sp³-hybridized carbons (Fsp3) is 0.192. The van der Waals surface area contributed by atoms with Gasteiger partial charge in [-0.15, -0.1) is 0 Å². The van der Waals surface area contributed by atoms with Crippen molar-refractivity contribution in [3.63, 3.8) is 0 Å². The number of rotatable bonds is 6. The molecule has 3 aromatic rings. The standard InChI is InChI=1S/C26H26N4O4S/c1-26(2,27)25(33)30(3)18-8-6-17(7-9-18)28-22(16-11-12-35-14-16)21-19-10-5-15(24(32)34-4)13-20(19)29-23(21)31/h5-14,28H,27H2,1-4H3,(H,29,31)/b22-21-. The highest BCUT2D eigenvalue weighted by Gasteiger charge is 2.30. The predicted molar refractivity (Wildman–Crippen MR) is 139 cm³/mol. The molecule has 0 unspecified atom stereocenters. The van der Waals surface area contributed by atoms with Crippen LogP contribution in [0.15, 0.2) is 59.3 Å². The van der Waals surface area contributed by atoms with Crippen LogP contribution < -0.4 is 21.3 Å². The third-order valence-electron chi connectivity index (χ3n) is 5.62. The molecule has 1 aromatic heterocycles. The Bertz CT molecular complexity index is 1320. The zero-order valence-corrected chi connectivity index (χ0v) is 20.7. The summed E-state index contributed by atoms with van der Waals surface area (Å²) in [4.78, 5) is 39.0. The molecule has 1 aliphatic heterocycles. The molecule has 180 valence electrons. The largest absolute Gasteiger partial charge is 0.465 e. The molecule has 4 N–H and O–H groups in total. The van der Waals surface area contributed by atoms with Crippen LogP contribution in [0.3, 0.4) is 0 Å². The van der Waals surface area contributed by atoms with Crippen molar-refractivity contribution >= 4 is 57.5 Å². The minimum Gasteiger partial charge on any atom is -0.465 e. The van der Waals surface area contributed by atoms with E-state index in [1.807, 2.05) is 41.1 Å². The molecule has 8 nitrogen and oxygen atoms in total. The number of methoxy groups -OCH3 is 1. The number of nitrogens with zero attached hydrogens (tertiary/aromatic N) is 1. The van der Waals surface area contributed by atoms with Crippen molar-refractivity contribution in [3.05, 3.63) is 76.0 Å². The number of thiophene rings is 1. The fourth-order valence-corrected chi connectivity index (χ4v) is 4.46. The van der Waals surface area contributed by atoms with E-state index in [1.165, 1.54) is 23.3 Å². The monoisotopic (exact) mass is 490 g/mol. The molecule has 0 saturated carbocycles. The summed E-state index contributed by atoms with van der Waals surface area (Å²) >= 11 is 1.52. The Morgan fingerprint density at radius 1 is 1.09 bits per heavy atom. The molecule has 0 radical (unpaired) electrons. The Labute approximate surface area is 207 Å². The van der Waals surface area contributed by atoms with Crippen molar-refractivity contribution in [2.75, 3.05) is 29.7 Å². The van der Waals surface area contributed by atoms with Gasteiger partial charge in [0.05, 0.1) is 35.2 Å². The van der Waals surface area contributed by atoms with Gasteiger partial charge >= 0.3 is 5.97 Å². The lowest BCUT2D eigenvalue weighted by Crippen LogP contribution is -2.49. The number of likely N-dealkylation sites (N-methyl/N-ethyl adjacent to an activating group) is 1. The summed E-state index contributed by atoms with van der Waals surface area (Å²) in [5.74, 6) is -0.954. The van der Waals surface area contributed by atoms with E-state index >= 15 is 0 Å². The van der Waals surface area contributed by atoms with E-state index in [1.54, 1.807) is 39.1 Å². The maximum atomic E-state index is 13.0. The van der Waals surface area contributed by atoms with Gasteiger partial charge in [0.2, 0.25) is 5.91 Å². The first-order valence-corrected chi connectivity index (χ1v) is 11.8. The zero-order valence-electron chi connectivity index (χ0n) is 19.8. The van der Waals surface area contributed by atoms with Gasteiger partial charge in [-0.25, -0.2) is 4.79 Å².